The van der Waals surface area contributed by atoms with Gasteiger partial charge < -0.3 is 15.2 Å². The van der Waals surface area contributed by atoms with Gasteiger partial charge in [0.1, 0.15) is 0 Å². The molecule has 0 spiro atoms. The van der Waals surface area contributed by atoms with Gasteiger partial charge in [-0.15, -0.1) is 12.4 Å². The van der Waals surface area contributed by atoms with Crippen molar-refractivity contribution in [3.05, 3.63) is 11.7 Å². The van der Waals surface area contributed by atoms with Gasteiger partial charge in [0.05, 0.1) is 5.92 Å². The third-order valence-electron chi connectivity index (χ3n) is 2.53. The lowest BCUT2D eigenvalue weighted by molar-refractivity contribution is -0.133. The third kappa shape index (κ3) is 2.51. The second-order valence-electron chi connectivity index (χ2n) is 3.71. The van der Waals surface area contributed by atoms with Crippen LogP contribution in [0.5, 0.6) is 0 Å². The maximum absolute atomic E-state index is 11.0. The Hall–Kier alpha value is -1.14. The predicted octanol–water partition coefficient (Wildman–Crippen LogP) is -0.0617. The van der Waals surface area contributed by atoms with E-state index in [9.17, 15) is 4.79 Å². The van der Waals surface area contributed by atoms with Crippen LogP contribution >= 0.6 is 12.4 Å². The number of rotatable bonds is 3. The highest BCUT2D eigenvalue weighted by atomic mass is 35.5. The Balaban J connectivity index is 0.00000128. The molecule has 0 aliphatic carbocycles. The van der Waals surface area contributed by atoms with Gasteiger partial charge in [-0.2, -0.15) is 4.98 Å². The molecule has 2 heterocycles. The Kier molecular flexibility index (Phi) is 4.26. The Morgan fingerprint density at radius 3 is 2.88 bits per heavy atom. The van der Waals surface area contributed by atoms with Crippen LogP contribution < -0.4 is 5.73 Å². The summed E-state index contributed by atoms with van der Waals surface area (Å²) in [6.07, 6.45) is 0.632. The average Bonchev–Trinajstić information content (AvgIpc) is 2.50. The van der Waals surface area contributed by atoms with Gasteiger partial charge in [0.15, 0.2) is 5.82 Å². The minimum absolute atomic E-state index is 0. The monoisotopic (exact) mass is 246 g/mol. The van der Waals surface area contributed by atoms with Crippen LogP contribution in [0.1, 0.15) is 24.6 Å². The summed E-state index contributed by atoms with van der Waals surface area (Å²) in [5.74, 6) is 1.56. The lowest BCUT2D eigenvalue weighted by atomic mass is 10.0. The fourth-order valence-corrected chi connectivity index (χ4v) is 1.56. The fourth-order valence-electron chi connectivity index (χ4n) is 1.56. The van der Waals surface area contributed by atoms with Gasteiger partial charge in [-0.3, -0.25) is 4.79 Å². The molecule has 1 aromatic rings. The number of hydrogen-bond donors (Lipinski definition) is 1. The second kappa shape index (κ2) is 5.27. The summed E-state index contributed by atoms with van der Waals surface area (Å²) in [6.45, 7) is 3.44. The minimum atomic E-state index is 0. The molecule has 1 aromatic heterocycles. The van der Waals surface area contributed by atoms with Crippen molar-refractivity contribution >= 4 is 18.3 Å². The van der Waals surface area contributed by atoms with Gasteiger partial charge in [-0.05, 0) is 6.54 Å². The number of likely N-dealkylation sites (tertiary alicyclic amines) is 1. The summed E-state index contributed by atoms with van der Waals surface area (Å²) in [7, 11) is 0. The molecule has 1 aliphatic rings. The van der Waals surface area contributed by atoms with Crippen molar-refractivity contribution in [1.29, 1.82) is 0 Å². The average molecular weight is 247 g/mol. The van der Waals surface area contributed by atoms with E-state index in [0.29, 0.717) is 37.8 Å². The van der Waals surface area contributed by atoms with E-state index < -0.39 is 0 Å². The van der Waals surface area contributed by atoms with Crippen LogP contribution in [0.3, 0.4) is 0 Å². The summed E-state index contributed by atoms with van der Waals surface area (Å²) in [4.78, 5) is 16.9. The van der Waals surface area contributed by atoms with Crippen molar-refractivity contribution < 1.29 is 9.32 Å². The van der Waals surface area contributed by atoms with Crippen molar-refractivity contribution in [3.8, 4) is 0 Å². The first-order valence-electron chi connectivity index (χ1n) is 4.98. The van der Waals surface area contributed by atoms with Crippen molar-refractivity contribution in [2.75, 3.05) is 19.6 Å². The Morgan fingerprint density at radius 1 is 1.62 bits per heavy atom. The molecular formula is C9H15ClN4O2. The highest BCUT2D eigenvalue weighted by molar-refractivity contribution is 5.85. The molecule has 1 fully saturated rings. The van der Waals surface area contributed by atoms with Crippen LogP contribution in [0.4, 0.5) is 0 Å². The largest absolute Gasteiger partial charge is 0.341 e. The van der Waals surface area contributed by atoms with Gasteiger partial charge >= 0.3 is 0 Å². The van der Waals surface area contributed by atoms with Crippen LogP contribution in [-0.4, -0.2) is 40.6 Å². The Morgan fingerprint density at radius 2 is 2.31 bits per heavy atom. The SMILES string of the molecule is CC(=O)N1CC(c2nc(CCN)no2)C1.Cl. The second-order valence-corrected chi connectivity index (χ2v) is 3.71. The van der Waals surface area contributed by atoms with Crippen LogP contribution in [-0.2, 0) is 11.2 Å². The molecule has 1 saturated heterocycles. The zero-order valence-electron chi connectivity index (χ0n) is 9.05. The molecule has 0 radical (unpaired) electrons. The first-order chi connectivity index (χ1) is 7.20. The molecule has 0 saturated carbocycles. The van der Waals surface area contributed by atoms with Crippen molar-refractivity contribution in [2.45, 2.75) is 19.3 Å². The molecule has 1 aliphatic heterocycles. The first-order valence-corrected chi connectivity index (χ1v) is 4.98. The standard InChI is InChI=1S/C9H14N4O2.ClH/c1-6(14)13-4-7(5-13)9-11-8(2-3-10)12-15-9;/h7H,2-5,10H2,1H3;1H. The molecule has 2 N–H and O–H groups in total. The van der Waals surface area contributed by atoms with E-state index in [0.717, 1.165) is 0 Å². The Bertz CT molecular complexity index is 362. The molecule has 1 amide bonds. The normalized spacial score (nSPS) is 15.5. The number of halogens is 1. The topological polar surface area (TPSA) is 85.2 Å². The number of carbonyl (C=O) groups excluding carboxylic acids is 1. The maximum Gasteiger partial charge on any atom is 0.233 e. The molecule has 7 heteroatoms. The molecule has 0 bridgehead atoms. The van der Waals surface area contributed by atoms with Gasteiger partial charge in [0.2, 0.25) is 11.8 Å². The van der Waals surface area contributed by atoms with Gasteiger partial charge in [-0.25, -0.2) is 0 Å². The van der Waals surface area contributed by atoms with Crippen molar-refractivity contribution in [3.63, 3.8) is 0 Å². The predicted molar refractivity (Wildman–Crippen MR) is 59.3 cm³/mol. The highest BCUT2D eigenvalue weighted by Gasteiger charge is 2.33. The molecule has 0 aromatic carbocycles. The van der Waals surface area contributed by atoms with Crippen molar-refractivity contribution in [2.24, 2.45) is 5.73 Å². The van der Waals surface area contributed by atoms with E-state index in [1.165, 1.54) is 0 Å². The molecule has 6 nitrogen and oxygen atoms in total. The van der Waals surface area contributed by atoms with Crippen LogP contribution in [0, 0.1) is 0 Å². The van der Waals surface area contributed by atoms with E-state index in [-0.39, 0.29) is 24.2 Å². The lowest BCUT2D eigenvalue weighted by Crippen LogP contribution is -2.47. The van der Waals surface area contributed by atoms with Crippen LogP contribution in [0.25, 0.3) is 0 Å². The molecule has 2 rings (SSSR count). The molecule has 16 heavy (non-hydrogen) atoms. The summed E-state index contributed by atoms with van der Waals surface area (Å²) in [5.41, 5.74) is 5.38. The smallest absolute Gasteiger partial charge is 0.233 e. The van der Waals surface area contributed by atoms with E-state index in [1.54, 1.807) is 11.8 Å². The number of carbonyl (C=O) groups is 1. The number of amides is 1. The minimum Gasteiger partial charge on any atom is -0.341 e. The zero-order chi connectivity index (χ0) is 10.8. The summed E-state index contributed by atoms with van der Waals surface area (Å²) in [5, 5.41) is 3.81. The van der Waals surface area contributed by atoms with Crippen LogP contribution in [0.2, 0.25) is 0 Å². The molecule has 0 atom stereocenters. The summed E-state index contributed by atoms with van der Waals surface area (Å²) in [6, 6.07) is 0. The maximum atomic E-state index is 11.0. The number of hydrogen-bond acceptors (Lipinski definition) is 5. The summed E-state index contributed by atoms with van der Waals surface area (Å²) >= 11 is 0. The quantitative estimate of drug-likeness (QED) is 0.808. The number of aromatic nitrogens is 2. The number of nitrogens with two attached hydrogens (primary N) is 1. The summed E-state index contributed by atoms with van der Waals surface area (Å²) < 4.78 is 5.09. The van der Waals surface area contributed by atoms with Crippen molar-refractivity contribution in [1.82, 2.24) is 15.0 Å². The molecule has 0 unspecified atom stereocenters. The van der Waals surface area contributed by atoms with E-state index in [4.69, 9.17) is 10.3 Å². The zero-order valence-corrected chi connectivity index (χ0v) is 9.87. The Labute approximate surface area is 99.6 Å². The number of nitrogens with zero attached hydrogens (tertiary/aromatic N) is 3. The first kappa shape index (κ1) is 12.9. The third-order valence-corrected chi connectivity index (χ3v) is 2.53. The van der Waals surface area contributed by atoms with Gasteiger partial charge in [-0.1, -0.05) is 5.16 Å². The highest BCUT2D eigenvalue weighted by Crippen LogP contribution is 2.25. The van der Waals surface area contributed by atoms with Gasteiger partial charge in [0, 0.05) is 26.4 Å². The van der Waals surface area contributed by atoms with E-state index >= 15 is 0 Å². The fraction of sp³-hybridized carbons (Fsp3) is 0.667. The van der Waals surface area contributed by atoms with E-state index in [2.05, 4.69) is 10.1 Å². The van der Waals surface area contributed by atoms with Gasteiger partial charge in [0.25, 0.3) is 0 Å². The lowest BCUT2D eigenvalue weighted by Gasteiger charge is -2.36. The van der Waals surface area contributed by atoms with E-state index in [1.807, 2.05) is 0 Å². The van der Waals surface area contributed by atoms with Crippen LogP contribution in [0.15, 0.2) is 4.52 Å². The molecular weight excluding hydrogens is 232 g/mol. The molecule has 90 valence electrons.